The van der Waals surface area contributed by atoms with E-state index in [0.29, 0.717) is 5.69 Å². The molecule has 1 saturated heterocycles. The van der Waals surface area contributed by atoms with Crippen molar-refractivity contribution in [3.63, 3.8) is 0 Å². The van der Waals surface area contributed by atoms with Gasteiger partial charge >= 0.3 is 18.4 Å². The number of halogens is 3. The Morgan fingerprint density at radius 1 is 1.22 bits per heavy atom. The maximum Gasteiger partial charge on any atom is 0.416 e. The van der Waals surface area contributed by atoms with E-state index in [4.69, 9.17) is 9.47 Å². The van der Waals surface area contributed by atoms with Gasteiger partial charge in [0.2, 0.25) is 0 Å². The van der Waals surface area contributed by atoms with Crippen molar-refractivity contribution < 1.29 is 32.2 Å². The summed E-state index contributed by atoms with van der Waals surface area (Å²) in [4.78, 5) is 25.6. The number of hydrogen-bond acceptors (Lipinski definition) is 4. The number of ether oxygens (including phenoxy) is 2. The number of amides is 2. The summed E-state index contributed by atoms with van der Waals surface area (Å²) in [5.41, 5.74) is -2.08. The van der Waals surface area contributed by atoms with Gasteiger partial charge in [-0.25, -0.2) is 9.59 Å². The molecule has 1 fully saturated rings. The number of likely N-dealkylation sites (tertiary alicyclic amines) is 1. The number of fused-ring (bicyclic) bond motifs is 2. The average molecular weight is 386 g/mol. The second-order valence-corrected chi connectivity index (χ2v) is 7.73. The topological polar surface area (TPSA) is 67.9 Å². The van der Waals surface area contributed by atoms with Crippen molar-refractivity contribution >= 4 is 17.9 Å². The number of alkyl halides is 3. The van der Waals surface area contributed by atoms with E-state index in [2.05, 4.69) is 5.32 Å². The molecule has 9 heteroatoms. The standard InChI is InChI=1S/C18H21F3N2O4/c1-16(2,3)27-15(25)23-8-6-17(7-9-23)12-10-11(18(19,20)21)4-5-13(12)22-14(24)26-17/h4-5,10H,6-9H2,1-3H3,(H,22,24). The first-order valence-corrected chi connectivity index (χ1v) is 8.59. The van der Waals surface area contributed by atoms with Crippen LogP contribution in [0.25, 0.3) is 0 Å². The Labute approximate surface area is 154 Å². The minimum Gasteiger partial charge on any atom is -0.444 e. The molecule has 1 aromatic carbocycles. The van der Waals surface area contributed by atoms with E-state index in [-0.39, 0.29) is 31.5 Å². The Morgan fingerprint density at radius 2 is 1.85 bits per heavy atom. The van der Waals surface area contributed by atoms with Gasteiger partial charge in [0.15, 0.2) is 0 Å². The molecule has 0 atom stereocenters. The third-order valence-electron chi connectivity index (χ3n) is 4.59. The van der Waals surface area contributed by atoms with Gasteiger partial charge in [-0.05, 0) is 39.0 Å². The van der Waals surface area contributed by atoms with Gasteiger partial charge in [-0.1, -0.05) is 0 Å². The molecule has 0 unspecified atom stereocenters. The number of hydrogen-bond donors (Lipinski definition) is 1. The SMILES string of the molecule is CC(C)(C)OC(=O)N1CCC2(CC1)OC(=O)Nc1ccc(C(F)(F)F)cc12. The molecule has 1 spiro atoms. The van der Waals surface area contributed by atoms with Crippen LogP contribution in [0.5, 0.6) is 0 Å². The highest BCUT2D eigenvalue weighted by molar-refractivity contribution is 5.89. The lowest BCUT2D eigenvalue weighted by atomic mass is 9.81. The zero-order chi connectivity index (χ0) is 20.0. The summed E-state index contributed by atoms with van der Waals surface area (Å²) < 4.78 is 50.1. The van der Waals surface area contributed by atoms with Gasteiger partial charge in [-0.15, -0.1) is 0 Å². The van der Waals surface area contributed by atoms with Crippen LogP contribution in [0.15, 0.2) is 18.2 Å². The summed E-state index contributed by atoms with van der Waals surface area (Å²) in [5.74, 6) is 0. The zero-order valence-corrected chi connectivity index (χ0v) is 15.3. The minimum absolute atomic E-state index is 0.188. The normalized spacial score (nSPS) is 19.2. The van der Waals surface area contributed by atoms with E-state index < -0.39 is 35.1 Å². The highest BCUT2D eigenvalue weighted by Crippen LogP contribution is 2.45. The number of carbonyl (C=O) groups is 2. The molecule has 2 aliphatic rings. The zero-order valence-electron chi connectivity index (χ0n) is 15.3. The van der Waals surface area contributed by atoms with Crippen molar-refractivity contribution in [1.29, 1.82) is 0 Å². The second kappa shape index (κ2) is 6.31. The summed E-state index contributed by atoms with van der Waals surface area (Å²) in [6.07, 6.45) is -5.34. The maximum atomic E-state index is 13.1. The monoisotopic (exact) mass is 386 g/mol. The van der Waals surface area contributed by atoms with Crippen molar-refractivity contribution in [2.45, 2.75) is 51.0 Å². The molecule has 6 nitrogen and oxygen atoms in total. The molecular weight excluding hydrogens is 365 g/mol. The Bertz CT molecular complexity index is 763. The fourth-order valence-corrected chi connectivity index (χ4v) is 3.32. The van der Waals surface area contributed by atoms with Crippen LogP contribution in [0.2, 0.25) is 0 Å². The number of nitrogens with zero attached hydrogens (tertiary/aromatic N) is 1. The van der Waals surface area contributed by atoms with Crippen molar-refractivity contribution in [1.82, 2.24) is 4.90 Å². The highest BCUT2D eigenvalue weighted by atomic mass is 19.4. The quantitative estimate of drug-likeness (QED) is 0.713. The van der Waals surface area contributed by atoms with E-state index in [1.807, 2.05) is 0 Å². The van der Waals surface area contributed by atoms with Crippen LogP contribution in [0.3, 0.4) is 0 Å². The molecule has 3 rings (SSSR count). The van der Waals surface area contributed by atoms with Crippen LogP contribution < -0.4 is 5.32 Å². The number of carbonyl (C=O) groups excluding carboxylic acids is 2. The third-order valence-corrected chi connectivity index (χ3v) is 4.59. The summed E-state index contributed by atoms with van der Waals surface area (Å²) in [5, 5.41) is 2.44. The lowest BCUT2D eigenvalue weighted by Crippen LogP contribution is -2.50. The third kappa shape index (κ3) is 3.96. The van der Waals surface area contributed by atoms with Crippen LogP contribution in [-0.4, -0.2) is 35.8 Å². The van der Waals surface area contributed by atoms with E-state index in [1.165, 1.54) is 11.0 Å². The first-order chi connectivity index (χ1) is 12.4. The number of piperidine rings is 1. The van der Waals surface area contributed by atoms with Crippen molar-refractivity contribution in [2.24, 2.45) is 0 Å². The molecule has 0 aromatic heterocycles. The summed E-state index contributed by atoms with van der Waals surface area (Å²) in [6, 6.07) is 3.17. The predicted octanol–water partition coefficient (Wildman–Crippen LogP) is 4.49. The molecule has 27 heavy (non-hydrogen) atoms. The summed E-state index contributed by atoms with van der Waals surface area (Å²) in [7, 11) is 0. The molecule has 0 radical (unpaired) electrons. The fraction of sp³-hybridized carbons (Fsp3) is 0.556. The minimum atomic E-state index is -4.51. The van der Waals surface area contributed by atoms with Gasteiger partial charge in [0, 0.05) is 31.5 Å². The average Bonchev–Trinajstić information content (AvgIpc) is 2.52. The lowest BCUT2D eigenvalue weighted by Gasteiger charge is -2.44. The maximum absolute atomic E-state index is 13.1. The Morgan fingerprint density at radius 3 is 2.41 bits per heavy atom. The Kier molecular flexibility index (Phi) is 4.52. The van der Waals surface area contributed by atoms with Crippen LogP contribution in [0, 0.1) is 0 Å². The van der Waals surface area contributed by atoms with E-state index in [1.54, 1.807) is 20.8 Å². The Balaban J connectivity index is 1.86. The van der Waals surface area contributed by atoms with Gasteiger partial charge in [0.1, 0.15) is 11.2 Å². The lowest BCUT2D eigenvalue weighted by molar-refractivity contribution is -0.137. The van der Waals surface area contributed by atoms with Gasteiger partial charge in [0.05, 0.1) is 11.3 Å². The van der Waals surface area contributed by atoms with Gasteiger partial charge in [0.25, 0.3) is 0 Å². The molecule has 148 valence electrons. The number of nitrogens with one attached hydrogen (secondary N) is 1. The first-order valence-electron chi connectivity index (χ1n) is 8.59. The summed E-state index contributed by atoms with van der Waals surface area (Å²) in [6.45, 7) is 5.66. The molecule has 2 amide bonds. The van der Waals surface area contributed by atoms with Crippen molar-refractivity contribution in [2.75, 3.05) is 18.4 Å². The number of anilines is 1. The van der Waals surface area contributed by atoms with Crippen LogP contribution in [0.4, 0.5) is 28.4 Å². The van der Waals surface area contributed by atoms with E-state index >= 15 is 0 Å². The van der Waals surface area contributed by atoms with Gasteiger partial charge < -0.3 is 14.4 Å². The van der Waals surface area contributed by atoms with Gasteiger partial charge in [-0.2, -0.15) is 13.2 Å². The van der Waals surface area contributed by atoms with E-state index in [0.717, 1.165) is 12.1 Å². The predicted molar refractivity (Wildman–Crippen MR) is 90.3 cm³/mol. The molecule has 0 saturated carbocycles. The molecule has 1 aromatic rings. The molecule has 0 bridgehead atoms. The second-order valence-electron chi connectivity index (χ2n) is 7.73. The van der Waals surface area contributed by atoms with E-state index in [9.17, 15) is 22.8 Å². The molecule has 2 heterocycles. The summed E-state index contributed by atoms with van der Waals surface area (Å²) >= 11 is 0. The molecule has 0 aliphatic carbocycles. The van der Waals surface area contributed by atoms with Crippen molar-refractivity contribution in [3.05, 3.63) is 29.3 Å². The highest BCUT2D eigenvalue weighted by Gasteiger charge is 2.46. The smallest absolute Gasteiger partial charge is 0.416 e. The Hall–Kier alpha value is -2.45. The van der Waals surface area contributed by atoms with Crippen LogP contribution in [-0.2, 0) is 21.3 Å². The fourth-order valence-electron chi connectivity index (χ4n) is 3.32. The van der Waals surface area contributed by atoms with Gasteiger partial charge in [-0.3, -0.25) is 5.32 Å². The molecule has 2 aliphatic heterocycles. The van der Waals surface area contributed by atoms with Crippen LogP contribution >= 0.6 is 0 Å². The number of rotatable bonds is 0. The van der Waals surface area contributed by atoms with Crippen LogP contribution in [0.1, 0.15) is 44.7 Å². The first kappa shape index (κ1) is 19.3. The molecule has 1 N–H and O–H groups in total. The largest absolute Gasteiger partial charge is 0.444 e. The number of benzene rings is 1. The molecular formula is C18H21F3N2O4. The van der Waals surface area contributed by atoms with Crippen molar-refractivity contribution in [3.8, 4) is 0 Å².